The van der Waals surface area contributed by atoms with Gasteiger partial charge in [-0.25, -0.2) is 4.39 Å². The first-order valence-corrected chi connectivity index (χ1v) is 10.5. The van der Waals surface area contributed by atoms with E-state index in [1.165, 1.54) is 6.92 Å². The zero-order chi connectivity index (χ0) is 21.5. The fourth-order valence-corrected chi connectivity index (χ4v) is 4.43. The van der Waals surface area contributed by atoms with Crippen molar-refractivity contribution >= 4 is 11.6 Å². The third-order valence-corrected chi connectivity index (χ3v) is 6.36. The molecule has 2 heterocycles. The Morgan fingerprint density at radius 2 is 1.97 bits per heavy atom. The van der Waals surface area contributed by atoms with Gasteiger partial charge in [-0.15, -0.1) is 0 Å². The third kappa shape index (κ3) is 3.61. The van der Waals surface area contributed by atoms with Crippen molar-refractivity contribution < 1.29 is 28.8 Å². The molecule has 2 aliphatic heterocycles. The highest BCUT2D eigenvalue weighted by Crippen LogP contribution is 2.51. The van der Waals surface area contributed by atoms with E-state index in [1.54, 1.807) is 18.2 Å². The molecule has 5 nitrogen and oxygen atoms in total. The molecule has 0 radical (unpaired) electrons. The van der Waals surface area contributed by atoms with Gasteiger partial charge in [0, 0.05) is 17.0 Å². The van der Waals surface area contributed by atoms with E-state index in [4.69, 9.17) is 25.8 Å². The zero-order valence-corrected chi connectivity index (χ0v) is 17.7. The van der Waals surface area contributed by atoms with Crippen LogP contribution in [0.5, 0.6) is 5.75 Å². The number of fused-ring (bicyclic) bond motifs is 2. The molecule has 2 aliphatic rings. The summed E-state index contributed by atoms with van der Waals surface area (Å²) >= 11 is 6.43. The van der Waals surface area contributed by atoms with Crippen LogP contribution in [0.25, 0.3) is 0 Å². The smallest absolute Gasteiger partial charge is 0.225 e. The Bertz CT molecular complexity index is 905. The van der Waals surface area contributed by atoms with Crippen molar-refractivity contribution in [3.63, 3.8) is 0 Å². The van der Waals surface area contributed by atoms with Crippen molar-refractivity contribution in [3.05, 3.63) is 64.2 Å². The van der Waals surface area contributed by atoms with E-state index in [9.17, 15) is 14.6 Å². The molecule has 2 aromatic carbocycles. The van der Waals surface area contributed by atoms with E-state index in [-0.39, 0.29) is 13.0 Å². The summed E-state index contributed by atoms with van der Waals surface area (Å²) in [6.45, 7) is 3.86. The fraction of sp³-hybridized carbons (Fsp3) is 0.478. The lowest BCUT2D eigenvalue weighted by molar-refractivity contribution is -0.305. The van der Waals surface area contributed by atoms with Gasteiger partial charge in [0.2, 0.25) is 5.79 Å². The molecule has 30 heavy (non-hydrogen) atoms. The van der Waals surface area contributed by atoms with Crippen molar-refractivity contribution in [1.29, 1.82) is 0 Å². The Morgan fingerprint density at radius 1 is 1.23 bits per heavy atom. The summed E-state index contributed by atoms with van der Waals surface area (Å²) in [6, 6.07) is 12.9. The number of hydrogen-bond acceptors (Lipinski definition) is 5. The van der Waals surface area contributed by atoms with Gasteiger partial charge in [0.05, 0.1) is 19.3 Å². The Balaban J connectivity index is 1.65. The number of halogens is 2. The van der Waals surface area contributed by atoms with Gasteiger partial charge in [-0.3, -0.25) is 0 Å². The summed E-state index contributed by atoms with van der Waals surface area (Å²) < 4.78 is 31.7. The first-order chi connectivity index (χ1) is 14.3. The minimum Gasteiger partial charge on any atom is -0.494 e. The molecule has 0 saturated carbocycles. The van der Waals surface area contributed by atoms with E-state index >= 15 is 0 Å². The summed E-state index contributed by atoms with van der Waals surface area (Å²) in [5, 5.41) is 21.7. The molecule has 162 valence electrons. The summed E-state index contributed by atoms with van der Waals surface area (Å²) in [6.07, 6.45) is -3.35. The predicted octanol–water partition coefficient (Wildman–Crippen LogP) is 3.75. The highest BCUT2D eigenvalue weighted by Gasteiger charge is 2.64. The molecular formula is C23H26ClFO5. The van der Waals surface area contributed by atoms with Gasteiger partial charge >= 0.3 is 0 Å². The lowest BCUT2D eigenvalue weighted by Crippen LogP contribution is -2.58. The van der Waals surface area contributed by atoms with Crippen LogP contribution >= 0.6 is 11.6 Å². The normalized spacial score (nSPS) is 31.5. The van der Waals surface area contributed by atoms with Gasteiger partial charge in [0.1, 0.15) is 23.6 Å². The Labute approximate surface area is 180 Å². The lowest BCUT2D eigenvalue weighted by Gasteiger charge is -2.44. The number of rotatable bonds is 6. The van der Waals surface area contributed by atoms with E-state index in [2.05, 4.69) is 0 Å². The molecule has 5 atom stereocenters. The number of aliphatic hydroxyl groups excluding tert-OH is 2. The molecule has 2 saturated heterocycles. The van der Waals surface area contributed by atoms with E-state index in [1.807, 2.05) is 31.2 Å². The van der Waals surface area contributed by atoms with Crippen molar-refractivity contribution in [2.45, 2.75) is 56.5 Å². The van der Waals surface area contributed by atoms with Crippen LogP contribution < -0.4 is 4.74 Å². The zero-order valence-electron chi connectivity index (χ0n) is 17.0. The molecular weight excluding hydrogens is 411 g/mol. The van der Waals surface area contributed by atoms with Crippen LogP contribution in [-0.2, 0) is 21.7 Å². The quantitative estimate of drug-likeness (QED) is 0.721. The maximum atomic E-state index is 14.3. The molecule has 1 unspecified atom stereocenters. The van der Waals surface area contributed by atoms with Crippen LogP contribution in [-0.4, -0.2) is 47.4 Å². The van der Waals surface area contributed by atoms with Crippen molar-refractivity contribution in [3.8, 4) is 5.75 Å². The molecule has 7 heteroatoms. The molecule has 0 amide bonds. The molecule has 0 aliphatic carbocycles. The topological polar surface area (TPSA) is 68.2 Å². The molecule has 2 N–H and O–H groups in total. The second kappa shape index (κ2) is 8.09. The largest absolute Gasteiger partial charge is 0.494 e. The van der Waals surface area contributed by atoms with Gasteiger partial charge in [-0.2, -0.15) is 0 Å². The van der Waals surface area contributed by atoms with Crippen molar-refractivity contribution in [2.24, 2.45) is 0 Å². The highest BCUT2D eigenvalue weighted by molar-refractivity contribution is 6.31. The summed E-state index contributed by atoms with van der Waals surface area (Å²) in [7, 11) is 0. The lowest BCUT2D eigenvalue weighted by atomic mass is 9.83. The van der Waals surface area contributed by atoms with Gasteiger partial charge in [0.15, 0.2) is 0 Å². The van der Waals surface area contributed by atoms with Crippen LogP contribution in [0, 0.1) is 0 Å². The third-order valence-electron chi connectivity index (χ3n) is 6.00. The first kappa shape index (κ1) is 21.5. The summed E-state index contributed by atoms with van der Waals surface area (Å²) in [5.74, 6) is -0.834. The number of aliphatic hydroxyl groups is 2. The molecule has 0 aromatic heterocycles. The maximum absolute atomic E-state index is 14.3. The summed E-state index contributed by atoms with van der Waals surface area (Å²) in [4.78, 5) is 0. The van der Waals surface area contributed by atoms with Gasteiger partial charge < -0.3 is 24.4 Å². The fourth-order valence-electron chi connectivity index (χ4n) is 4.24. The molecule has 2 aromatic rings. The minimum atomic E-state index is -1.63. The SMILES string of the molecule is CCOc1ccc(Cc2cc([C@@]34OC[C@@](C(C)F)(C[C@H](O)[C@H]3O)O4)ccc2Cl)cc1. The van der Waals surface area contributed by atoms with Crippen LogP contribution in [0.1, 0.15) is 37.0 Å². The Hall–Kier alpha value is -1.70. The maximum Gasteiger partial charge on any atom is 0.225 e. The van der Waals surface area contributed by atoms with Crippen LogP contribution in [0.4, 0.5) is 4.39 Å². The second-order valence-electron chi connectivity index (χ2n) is 8.02. The number of benzene rings is 2. The Kier molecular flexibility index (Phi) is 5.81. The van der Waals surface area contributed by atoms with Crippen molar-refractivity contribution in [2.75, 3.05) is 13.2 Å². The van der Waals surface area contributed by atoms with Gasteiger partial charge in [0.25, 0.3) is 0 Å². The van der Waals surface area contributed by atoms with E-state index in [0.717, 1.165) is 16.9 Å². The molecule has 2 bridgehead atoms. The average Bonchev–Trinajstić information content (AvgIpc) is 3.08. The minimum absolute atomic E-state index is 0.0276. The number of ether oxygens (including phenoxy) is 3. The van der Waals surface area contributed by atoms with E-state index in [0.29, 0.717) is 23.6 Å². The van der Waals surface area contributed by atoms with Gasteiger partial charge in [-0.1, -0.05) is 29.8 Å². The summed E-state index contributed by atoms with van der Waals surface area (Å²) in [5.41, 5.74) is 1.05. The average molecular weight is 437 g/mol. The Morgan fingerprint density at radius 3 is 2.63 bits per heavy atom. The molecule has 4 rings (SSSR count). The molecule has 2 fully saturated rings. The van der Waals surface area contributed by atoms with Crippen LogP contribution in [0.3, 0.4) is 0 Å². The second-order valence-corrected chi connectivity index (χ2v) is 8.42. The highest BCUT2D eigenvalue weighted by atomic mass is 35.5. The molecule has 0 spiro atoms. The first-order valence-electron chi connectivity index (χ1n) is 10.1. The monoisotopic (exact) mass is 436 g/mol. The van der Waals surface area contributed by atoms with Crippen molar-refractivity contribution in [1.82, 2.24) is 0 Å². The van der Waals surface area contributed by atoms with Crippen LogP contribution in [0.15, 0.2) is 42.5 Å². The number of alkyl halides is 1. The van der Waals surface area contributed by atoms with E-state index < -0.39 is 29.8 Å². The van der Waals surface area contributed by atoms with Gasteiger partial charge in [-0.05, 0) is 55.7 Å². The number of hydrogen-bond donors (Lipinski definition) is 2. The predicted molar refractivity (Wildman–Crippen MR) is 111 cm³/mol. The standard InChI is InChI=1S/C23H26ClFO5/c1-3-28-18-7-4-15(5-8-18)10-16-11-17(6-9-19(16)24)23-21(27)20(26)12-22(30-23,13-29-23)14(2)25/h4-9,11,14,20-21,26-27H,3,10,12-13H2,1-2H3/t14?,20-,21+,22+,23-/m0/s1. The van der Waals surface area contributed by atoms with Crippen LogP contribution in [0.2, 0.25) is 5.02 Å².